The van der Waals surface area contributed by atoms with Gasteiger partial charge in [0.05, 0.1) is 18.3 Å². The highest BCUT2D eigenvalue weighted by Gasteiger charge is 2.26. The Morgan fingerprint density at radius 2 is 2.11 bits per heavy atom. The summed E-state index contributed by atoms with van der Waals surface area (Å²) in [7, 11) is -2.56. The number of anilines is 1. The van der Waals surface area contributed by atoms with Gasteiger partial charge in [0.2, 0.25) is 15.9 Å². The number of nitrogens with zero attached hydrogens (tertiary/aromatic N) is 2. The molecule has 0 saturated heterocycles. The number of ether oxygens (including phenoxy) is 1. The van der Waals surface area contributed by atoms with Gasteiger partial charge in [0.1, 0.15) is 18.0 Å². The number of benzene rings is 1. The Morgan fingerprint density at radius 3 is 2.67 bits per heavy atom. The fourth-order valence-electron chi connectivity index (χ4n) is 2.83. The molecule has 10 heteroatoms. The van der Waals surface area contributed by atoms with Crippen molar-refractivity contribution in [3.8, 4) is 5.75 Å². The number of non-ortho nitro benzene ring substituents is 1. The molecule has 1 aliphatic carbocycles. The standard InChI is InChI=1S/C17H23N3O6S/c1-26-16-9-8-14(20(22)23)10-15(16)19(27(2,24)25)12-17(21)18-11-13-6-4-3-5-7-13/h6,8-10H,3-5,7,11-12H2,1-2H3,(H,18,21). The van der Waals surface area contributed by atoms with Gasteiger partial charge in [-0.2, -0.15) is 0 Å². The van der Waals surface area contributed by atoms with E-state index >= 15 is 0 Å². The van der Waals surface area contributed by atoms with Crippen LogP contribution in [0.15, 0.2) is 29.8 Å². The first kappa shape index (κ1) is 20.7. The SMILES string of the molecule is COc1ccc([N+](=O)[O-])cc1N(CC(=O)NCC1=CCCCC1)S(C)(=O)=O. The van der Waals surface area contributed by atoms with Crippen molar-refractivity contribution in [1.82, 2.24) is 5.32 Å². The number of carbonyl (C=O) groups is 1. The molecule has 0 fully saturated rings. The fourth-order valence-corrected chi connectivity index (χ4v) is 3.68. The minimum absolute atomic E-state index is 0.0544. The van der Waals surface area contributed by atoms with Gasteiger partial charge >= 0.3 is 0 Å². The predicted molar refractivity (Wildman–Crippen MR) is 101 cm³/mol. The summed E-state index contributed by atoms with van der Waals surface area (Å²) in [6.45, 7) is -0.133. The molecule has 1 aromatic carbocycles. The summed E-state index contributed by atoms with van der Waals surface area (Å²) >= 11 is 0. The number of allylic oxidation sites excluding steroid dienone is 1. The number of nitro benzene ring substituents is 1. The first-order valence-corrected chi connectivity index (χ1v) is 10.3. The van der Waals surface area contributed by atoms with E-state index in [4.69, 9.17) is 4.74 Å². The average molecular weight is 397 g/mol. The molecule has 0 aliphatic heterocycles. The molecule has 1 aromatic rings. The van der Waals surface area contributed by atoms with Crippen LogP contribution in [0.3, 0.4) is 0 Å². The Bertz CT molecular complexity index is 850. The van der Waals surface area contributed by atoms with Gasteiger partial charge in [0, 0.05) is 18.7 Å². The van der Waals surface area contributed by atoms with Gasteiger partial charge in [-0.05, 0) is 31.7 Å². The van der Waals surface area contributed by atoms with E-state index in [1.807, 2.05) is 0 Å². The number of carbonyl (C=O) groups excluding carboxylic acids is 1. The van der Waals surface area contributed by atoms with Crippen molar-refractivity contribution in [2.45, 2.75) is 25.7 Å². The quantitative estimate of drug-likeness (QED) is 0.407. The monoisotopic (exact) mass is 397 g/mol. The van der Waals surface area contributed by atoms with Gasteiger partial charge in [0.15, 0.2) is 0 Å². The van der Waals surface area contributed by atoms with E-state index in [0.29, 0.717) is 6.54 Å². The van der Waals surface area contributed by atoms with Crippen molar-refractivity contribution >= 4 is 27.3 Å². The van der Waals surface area contributed by atoms with Crippen molar-refractivity contribution in [2.75, 3.05) is 30.8 Å². The molecule has 1 aliphatic rings. The molecule has 0 spiro atoms. The number of hydrogen-bond acceptors (Lipinski definition) is 6. The third-order valence-corrected chi connectivity index (χ3v) is 5.35. The first-order chi connectivity index (χ1) is 12.7. The number of methoxy groups -OCH3 is 1. The van der Waals surface area contributed by atoms with Gasteiger partial charge in [-0.15, -0.1) is 0 Å². The average Bonchev–Trinajstić information content (AvgIpc) is 2.63. The molecular weight excluding hydrogens is 374 g/mol. The summed E-state index contributed by atoms with van der Waals surface area (Å²) < 4.78 is 30.4. The summed E-state index contributed by atoms with van der Waals surface area (Å²) in [6.07, 6.45) is 7.11. The lowest BCUT2D eigenvalue weighted by atomic mass is 10.00. The minimum atomic E-state index is -3.88. The van der Waals surface area contributed by atoms with Crippen LogP contribution in [0.25, 0.3) is 0 Å². The molecule has 0 radical (unpaired) electrons. The molecule has 2 rings (SSSR count). The van der Waals surface area contributed by atoms with E-state index < -0.39 is 27.4 Å². The van der Waals surface area contributed by atoms with Gasteiger partial charge in [-0.3, -0.25) is 19.2 Å². The van der Waals surface area contributed by atoms with E-state index in [0.717, 1.165) is 47.9 Å². The summed E-state index contributed by atoms with van der Waals surface area (Å²) in [5.41, 5.74) is 0.766. The molecule has 1 N–H and O–H groups in total. The van der Waals surface area contributed by atoms with Crippen LogP contribution in [0.5, 0.6) is 5.75 Å². The van der Waals surface area contributed by atoms with Crippen LogP contribution in [0.4, 0.5) is 11.4 Å². The van der Waals surface area contributed by atoms with Crippen LogP contribution >= 0.6 is 0 Å². The Balaban J connectivity index is 2.23. The molecule has 27 heavy (non-hydrogen) atoms. The maximum atomic E-state index is 12.3. The van der Waals surface area contributed by atoms with Crippen LogP contribution in [0, 0.1) is 10.1 Å². The Kier molecular flexibility index (Phi) is 6.78. The second-order valence-corrected chi connectivity index (χ2v) is 8.17. The summed E-state index contributed by atoms with van der Waals surface area (Å²) in [5, 5.41) is 13.7. The summed E-state index contributed by atoms with van der Waals surface area (Å²) in [6, 6.07) is 3.59. The van der Waals surface area contributed by atoms with Crippen LogP contribution < -0.4 is 14.4 Å². The molecule has 0 unspecified atom stereocenters. The third kappa shape index (κ3) is 5.68. The third-order valence-electron chi connectivity index (χ3n) is 4.23. The molecular formula is C17H23N3O6S. The topological polar surface area (TPSA) is 119 Å². The highest BCUT2D eigenvalue weighted by Crippen LogP contribution is 2.33. The van der Waals surface area contributed by atoms with Crippen LogP contribution in [-0.2, 0) is 14.8 Å². The predicted octanol–water partition coefficient (Wildman–Crippen LogP) is 1.99. The lowest BCUT2D eigenvalue weighted by molar-refractivity contribution is -0.384. The minimum Gasteiger partial charge on any atom is -0.495 e. The molecule has 1 amide bonds. The summed E-state index contributed by atoms with van der Waals surface area (Å²) in [4.78, 5) is 22.7. The van der Waals surface area contributed by atoms with Crippen molar-refractivity contribution in [3.05, 3.63) is 40.0 Å². The fraction of sp³-hybridized carbons (Fsp3) is 0.471. The van der Waals surface area contributed by atoms with Crippen LogP contribution in [0.2, 0.25) is 0 Å². The maximum absolute atomic E-state index is 12.3. The Labute approximate surface area is 158 Å². The van der Waals surface area contributed by atoms with Crippen molar-refractivity contribution in [2.24, 2.45) is 0 Å². The van der Waals surface area contributed by atoms with Gasteiger partial charge in [-0.1, -0.05) is 11.6 Å². The first-order valence-electron chi connectivity index (χ1n) is 8.47. The number of sulfonamides is 1. The van der Waals surface area contributed by atoms with Gasteiger partial charge in [0.25, 0.3) is 5.69 Å². The lowest BCUT2D eigenvalue weighted by Gasteiger charge is -2.24. The largest absolute Gasteiger partial charge is 0.495 e. The zero-order chi connectivity index (χ0) is 20.0. The smallest absolute Gasteiger partial charge is 0.271 e. The van der Waals surface area contributed by atoms with E-state index in [-0.39, 0.29) is 17.1 Å². The highest BCUT2D eigenvalue weighted by molar-refractivity contribution is 7.92. The van der Waals surface area contributed by atoms with Crippen LogP contribution in [-0.4, -0.2) is 45.7 Å². The molecule has 0 aromatic heterocycles. The molecule has 0 atom stereocenters. The maximum Gasteiger partial charge on any atom is 0.271 e. The number of nitro groups is 1. The molecule has 0 heterocycles. The molecule has 0 bridgehead atoms. The number of hydrogen-bond donors (Lipinski definition) is 1. The molecule has 148 valence electrons. The van der Waals surface area contributed by atoms with Crippen LogP contribution in [0.1, 0.15) is 25.7 Å². The van der Waals surface area contributed by atoms with Gasteiger partial charge in [-0.25, -0.2) is 8.42 Å². The molecule has 0 saturated carbocycles. The van der Waals surface area contributed by atoms with E-state index in [9.17, 15) is 23.3 Å². The second kappa shape index (κ2) is 8.85. The molecule has 9 nitrogen and oxygen atoms in total. The second-order valence-electron chi connectivity index (χ2n) is 6.27. The van der Waals surface area contributed by atoms with Crippen molar-refractivity contribution < 1.29 is 22.9 Å². The number of rotatable bonds is 8. The Morgan fingerprint density at radius 1 is 1.37 bits per heavy atom. The van der Waals surface area contributed by atoms with Gasteiger partial charge < -0.3 is 10.1 Å². The highest BCUT2D eigenvalue weighted by atomic mass is 32.2. The lowest BCUT2D eigenvalue weighted by Crippen LogP contribution is -2.41. The van der Waals surface area contributed by atoms with E-state index in [1.54, 1.807) is 0 Å². The van der Waals surface area contributed by atoms with Crippen molar-refractivity contribution in [1.29, 1.82) is 0 Å². The van der Waals surface area contributed by atoms with E-state index in [1.165, 1.54) is 19.2 Å². The Hall–Kier alpha value is -2.62. The zero-order valence-electron chi connectivity index (χ0n) is 15.3. The normalized spacial score (nSPS) is 14.2. The number of nitrogens with one attached hydrogen (secondary N) is 1. The summed E-state index contributed by atoms with van der Waals surface area (Å²) in [5.74, 6) is -0.380. The van der Waals surface area contributed by atoms with Crippen molar-refractivity contribution in [3.63, 3.8) is 0 Å². The number of amides is 1. The zero-order valence-corrected chi connectivity index (χ0v) is 16.1. The van der Waals surface area contributed by atoms with E-state index in [2.05, 4.69) is 11.4 Å².